The summed E-state index contributed by atoms with van der Waals surface area (Å²) in [4.78, 5) is 3.90. The SMILES string of the molecule is Cc1cccc(Cl)c1NS(=O)(=O)c1ccnc(NN)c1. The first-order chi connectivity index (χ1) is 9.44. The highest BCUT2D eigenvalue weighted by Gasteiger charge is 2.17. The largest absolute Gasteiger partial charge is 0.308 e. The Morgan fingerprint density at radius 2 is 2.05 bits per heavy atom. The molecular weight excluding hydrogens is 300 g/mol. The number of rotatable bonds is 4. The molecule has 0 aliphatic carbocycles. The summed E-state index contributed by atoms with van der Waals surface area (Å²) in [6.45, 7) is 1.77. The molecule has 20 heavy (non-hydrogen) atoms. The first kappa shape index (κ1) is 14.6. The van der Waals surface area contributed by atoms with Crippen molar-refractivity contribution in [2.45, 2.75) is 11.8 Å². The third-order valence-electron chi connectivity index (χ3n) is 2.65. The minimum absolute atomic E-state index is 0.0415. The van der Waals surface area contributed by atoms with Crippen LogP contribution in [0.4, 0.5) is 11.5 Å². The van der Waals surface area contributed by atoms with E-state index in [-0.39, 0.29) is 10.7 Å². The molecule has 0 spiro atoms. The number of halogens is 1. The maximum atomic E-state index is 12.3. The molecule has 0 fully saturated rings. The van der Waals surface area contributed by atoms with Crippen LogP contribution in [0.1, 0.15) is 5.56 Å². The number of hydrazine groups is 1. The van der Waals surface area contributed by atoms with E-state index < -0.39 is 10.0 Å². The quantitative estimate of drug-likeness (QED) is 0.593. The molecule has 1 aromatic heterocycles. The Morgan fingerprint density at radius 3 is 2.70 bits per heavy atom. The average molecular weight is 313 g/mol. The number of nitrogens with two attached hydrogens (primary N) is 1. The Morgan fingerprint density at radius 1 is 1.30 bits per heavy atom. The number of aryl methyl sites for hydroxylation is 1. The predicted molar refractivity (Wildman–Crippen MR) is 79.0 cm³/mol. The number of sulfonamides is 1. The fourth-order valence-electron chi connectivity index (χ4n) is 1.61. The van der Waals surface area contributed by atoms with Crippen LogP contribution in [-0.4, -0.2) is 13.4 Å². The molecule has 1 heterocycles. The van der Waals surface area contributed by atoms with Crippen LogP contribution in [0.3, 0.4) is 0 Å². The molecule has 0 bridgehead atoms. The van der Waals surface area contributed by atoms with Crippen LogP contribution < -0.4 is 16.0 Å². The molecular formula is C12H13ClN4O2S. The van der Waals surface area contributed by atoms with Gasteiger partial charge in [-0.2, -0.15) is 0 Å². The van der Waals surface area contributed by atoms with Gasteiger partial charge in [0.1, 0.15) is 5.82 Å². The molecule has 2 rings (SSSR count). The average Bonchev–Trinajstić information content (AvgIpc) is 2.43. The number of nitrogens with zero attached hydrogens (tertiary/aromatic N) is 1. The summed E-state index contributed by atoms with van der Waals surface area (Å²) in [7, 11) is -3.76. The van der Waals surface area contributed by atoms with E-state index in [1.165, 1.54) is 18.3 Å². The first-order valence-electron chi connectivity index (χ1n) is 5.64. The first-order valence-corrected chi connectivity index (χ1v) is 7.51. The zero-order chi connectivity index (χ0) is 14.8. The minimum atomic E-state index is -3.76. The maximum absolute atomic E-state index is 12.3. The summed E-state index contributed by atoms with van der Waals surface area (Å²) in [5.74, 6) is 5.47. The van der Waals surface area contributed by atoms with Gasteiger partial charge < -0.3 is 5.43 Å². The number of hydrogen-bond donors (Lipinski definition) is 3. The molecule has 4 N–H and O–H groups in total. The standard InChI is InChI=1S/C12H13ClN4O2S/c1-8-3-2-4-10(13)12(8)17-20(18,19)9-5-6-15-11(7-9)16-14/h2-7,17H,14H2,1H3,(H,15,16). The Bertz CT molecular complexity index is 714. The maximum Gasteiger partial charge on any atom is 0.262 e. The Labute approximate surface area is 122 Å². The number of aromatic nitrogens is 1. The second-order valence-electron chi connectivity index (χ2n) is 4.06. The van der Waals surface area contributed by atoms with Crippen molar-refractivity contribution in [2.24, 2.45) is 5.84 Å². The van der Waals surface area contributed by atoms with Gasteiger partial charge in [-0.3, -0.25) is 4.72 Å². The Hall–Kier alpha value is -1.83. The van der Waals surface area contributed by atoms with Gasteiger partial charge in [-0.05, 0) is 24.6 Å². The van der Waals surface area contributed by atoms with Gasteiger partial charge in [-0.1, -0.05) is 23.7 Å². The fourth-order valence-corrected chi connectivity index (χ4v) is 3.10. The molecule has 0 atom stereocenters. The number of nitrogens with one attached hydrogen (secondary N) is 2. The molecule has 0 saturated heterocycles. The minimum Gasteiger partial charge on any atom is -0.308 e. The molecule has 2 aromatic rings. The fraction of sp³-hybridized carbons (Fsp3) is 0.0833. The summed E-state index contributed by atoms with van der Waals surface area (Å²) in [6, 6.07) is 7.83. The number of benzene rings is 1. The van der Waals surface area contributed by atoms with Crippen molar-refractivity contribution in [1.82, 2.24) is 4.98 Å². The van der Waals surface area contributed by atoms with E-state index in [2.05, 4.69) is 15.1 Å². The van der Waals surface area contributed by atoms with Crippen molar-refractivity contribution in [3.05, 3.63) is 47.1 Å². The molecule has 8 heteroatoms. The summed E-state index contributed by atoms with van der Waals surface area (Å²) in [5, 5.41) is 0.333. The highest BCUT2D eigenvalue weighted by molar-refractivity contribution is 7.92. The van der Waals surface area contributed by atoms with Gasteiger partial charge in [-0.25, -0.2) is 19.2 Å². The molecule has 6 nitrogen and oxygen atoms in total. The molecule has 1 aromatic carbocycles. The van der Waals surface area contributed by atoms with E-state index in [1.807, 2.05) is 0 Å². The van der Waals surface area contributed by atoms with E-state index >= 15 is 0 Å². The van der Waals surface area contributed by atoms with Gasteiger partial charge in [0.15, 0.2) is 0 Å². The number of anilines is 2. The smallest absolute Gasteiger partial charge is 0.262 e. The van der Waals surface area contributed by atoms with Crippen LogP contribution in [0.5, 0.6) is 0 Å². The zero-order valence-corrected chi connectivity index (χ0v) is 12.2. The van der Waals surface area contributed by atoms with Crippen LogP contribution in [0.25, 0.3) is 0 Å². The monoisotopic (exact) mass is 312 g/mol. The van der Waals surface area contributed by atoms with E-state index in [0.29, 0.717) is 10.7 Å². The van der Waals surface area contributed by atoms with Crippen LogP contribution in [0, 0.1) is 6.92 Å². The Kier molecular flexibility index (Phi) is 4.12. The van der Waals surface area contributed by atoms with E-state index in [9.17, 15) is 8.42 Å². The lowest BCUT2D eigenvalue weighted by molar-refractivity contribution is 0.601. The third kappa shape index (κ3) is 3.01. The molecule has 0 unspecified atom stereocenters. The summed E-state index contributed by atoms with van der Waals surface area (Å²) >= 11 is 6.01. The lowest BCUT2D eigenvalue weighted by Crippen LogP contribution is -2.15. The highest BCUT2D eigenvalue weighted by atomic mass is 35.5. The van der Waals surface area contributed by atoms with E-state index in [4.69, 9.17) is 17.4 Å². The van der Waals surface area contributed by atoms with Gasteiger partial charge in [0, 0.05) is 12.3 Å². The number of nitrogen functional groups attached to an aromatic ring is 1. The van der Waals surface area contributed by atoms with Crippen molar-refractivity contribution >= 4 is 33.1 Å². The Balaban J connectivity index is 2.41. The van der Waals surface area contributed by atoms with Crippen LogP contribution in [0.2, 0.25) is 5.02 Å². The summed E-state index contributed by atoms with van der Waals surface area (Å²) < 4.78 is 27.1. The zero-order valence-electron chi connectivity index (χ0n) is 10.6. The van der Waals surface area contributed by atoms with Crippen molar-refractivity contribution < 1.29 is 8.42 Å². The predicted octanol–water partition coefficient (Wildman–Crippen LogP) is 2.13. The second-order valence-corrected chi connectivity index (χ2v) is 6.15. The van der Waals surface area contributed by atoms with E-state index in [1.54, 1.807) is 25.1 Å². The van der Waals surface area contributed by atoms with Crippen LogP contribution in [-0.2, 0) is 10.0 Å². The molecule has 0 radical (unpaired) electrons. The summed E-state index contributed by atoms with van der Waals surface area (Å²) in [5.41, 5.74) is 3.38. The van der Waals surface area contributed by atoms with Crippen LogP contribution >= 0.6 is 11.6 Å². The molecule has 106 valence electrons. The molecule has 0 aliphatic rings. The van der Waals surface area contributed by atoms with Gasteiger partial charge in [0.25, 0.3) is 10.0 Å². The number of pyridine rings is 1. The van der Waals surface area contributed by atoms with E-state index in [0.717, 1.165) is 5.56 Å². The molecule has 0 amide bonds. The van der Waals surface area contributed by atoms with Gasteiger partial charge in [-0.15, -0.1) is 0 Å². The van der Waals surface area contributed by atoms with Crippen molar-refractivity contribution in [3.63, 3.8) is 0 Å². The number of para-hydroxylation sites is 1. The third-order valence-corrected chi connectivity index (χ3v) is 4.31. The lowest BCUT2D eigenvalue weighted by atomic mass is 10.2. The van der Waals surface area contributed by atoms with Crippen molar-refractivity contribution in [2.75, 3.05) is 10.1 Å². The van der Waals surface area contributed by atoms with Crippen molar-refractivity contribution in [3.8, 4) is 0 Å². The molecule has 0 aliphatic heterocycles. The molecule has 0 saturated carbocycles. The van der Waals surface area contributed by atoms with Gasteiger partial charge in [0.2, 0.25) is 0 Å². The highest BCUT2D eigenvalue weighted by Crippen LogP contribution is 2.28. The van der Waals surface area contributed by atoms with Gasteiger partial charge in [0.05, 0.1) is 15.6 Å². The van der Waals surface area contributed by atoms with Crippen molar-refractivity contribution in [1.29, 1.82) is 0 Å². The number of hydrogen-bond acceptors (Lipinski definition) is 5. The normalized spacial score (nSPS) is 11.2. The van der Waals surface area contributed by atoms with Gasteiger partial charge >= 0.3 is 0 Å². The van der Waals surface area contributed by atoms with Crippen LogP contribution in [0.15, 0.2) is 41.4 Å². The lowest BCUT2D eigenvalue weighted by Gasteiger charge is -2.12. The summed E-state index contributed by atoms with van der Waals surface area (Å²) in [6.07, 6.45) is 1.35. The second kappa shape index (κ2) is 5.66. The topological polar surface area (TPSA) is 97.1 Å².